The standard InChI is InChI=1S/C10H7O/c11-9-4-3-8-6-1-2-7(5-6)10(8)9/h1-4,9H,5H2. The van der Waals surface area contributed by atoms with E-state index < -0.39 is 6.10 Å². The van der Waals surface area contributed by atoms with Crippen LogP contribution in [0.15, 0.2) is 46.6 Å². The minimum absolute atomic E-state index is 0.581. The maximum absolute atomic E-state index is 11.3. The lowest BCUT2D eigenvalue weighted by molar-refractivity contribution is 0.164. The Hall–Kier alpha value is -1.08. The Morgan fingerprint density at radius 1 is 1.27 bits per heavy atom. The van der Waals surface area contributed by atoms with E-state index in [-0.39, 0.29) is 0 Å². The Morgan fingerprint density at radius 3 is 2.91 bits per heavy atom. The zero-order valence-electron chi connectivity index (χ0n) is 6.00. The van der Waals surface area contributed by atoms with Crippen molar-refractivity contribution in [2.24, 2.45) is 0 Å². The summed E-state index contributed by atoms with van der Waals surface area (Å²) in [4.78, 5) is 0. The summed E-state index contributed by atoms with van der Waals surface area (Å²) >= 11 is 0. The van der Waals surface area contributed by atoms with Crippen LogP contribution in [0.3, 0.4) is 0 Å². The molecule has 3 aliphatic carbocycles. The molecule has 1 atom stereocenters. The van der Waals surface area contributed by atoms with Crippen LogP contribution in [-0.2, 0) is 5.11 Å². The molecule has 2 bridgehead atoms. The molecule has 0 aromatic heterocycles. The molecule has 0 aromatic carbocycles. The number of fused-ring (bicyclic) bond motifs is 4. The Bertz CT molecular complexity index is 353. The fourth-order valence-corrected chi connectivity index (χ4v) is 2.05. The Balaban J connectivity index is 2.26. The summed E-state index contributed by atoms with van der Waals surface area (Å²) in [6.45, 7) is 0. The maximum atomic E-state index is 11.3. The molecule has 11 heavy (non-hydrogen) atoms. The van der Waals surface area contributed by atoms with Crippen molar-refractivity contribution >= 4 is 0 Å². The van der Waals surface area contributed by atoms with Crippen molar-refractivity contribution in [3.05, 3.63) is 46.6 Å². The van der Waals surface area contributed by atoms with Crippen LogP contribution in [0.4, 0.5) is 0 Å². The molecule has 1 heteroatoms. The molecule has 0 saturated carbocycles. The van der Waals surface area contributed by atoms with Crippen molar-refractivity contribution in [1.29, 1.82) is 0 Å². The van der Waals surface area contributed by atoms with E-state index in [1.807, 2.05) is 6.08 Å². The zero-order chi connectivity index (χ0) is 7.42. The van der Waals surface area contributed by atoms with Crippen LogP contribution in [0.2, 0.25) is 0 Å². The van der Waals surface area contributed by atoms with Crippen molar-refractivity contribution in [2.75, 3.05) is 0 Å². The monoisotopic (exact) mass is 143 g/mol. The van der Waals surface area contributed by atoms with Gasteiger partial charge in [-0.1, -0.05) is 18.2 Å². The van der Waals surface area contributed by atoms with Gasteiger partial charge in [-0.25, -0.2) is 5.11 Å². The van der Waals surface area contributed by atoms with Crippen LogP contribution in [0.1, 0.15) is 6.42 Å². The number of hydrogen-bond donors (Lipinski definition) is 0. The third-order valence-corrected chi connectivity index (χ3v) is 2.57. The average molecular weight is 143 g/mol. The lowest BCUT2D eigenvalue weighted by Gasteiger charge is -2.03. The van der Waals surface area contributed by atoms with E-state index in [0.29, 0.717) is 0 Å². The fourth-order valence-electron chi connectivity index (χ4n) is 2.05. The molecule has 0 spiro atoms. The molecule has 3 aliphatic rings. The van der Waals surface area contributed by atoms with Crippen LogP contribution in [0.25, 0.3) is 0 Å². The second kappa shape index (κ2) is 1.56. The summed E-state index contributed by atoms with van der Waals surface area (Å²) in [6.07, 6.45) is 8.34. The van der Waals surface area contributed by atoms with Gasteiger partial charge >= 0.3 is 0 Å². The summed E-state index contributed by atoms with van der Waals surface area (Å²) < 4.78 is 0. The van der Waals surface area contributed by atoms with Gasteiger partial charge < -0.3 is 0 Å². The van der Waals surface area contributed by atoms with Crippen LogP contribution in [0.5, 0.6) is 0 Å². The van der Waals surface area contributed by atoms with Gasteiger partial charge in [-0.05, 0) is 34.8 Å². The van der Waals surface area contributed by atoms with Crippen LogP contribution in [-0.4, -0.2) is 6.10 Å². The van der Waals surface area contributed by atoms with Crippen molar-refractivity contribution in [1.82, 2.24) is 0 Å². The first kappa shape index (κ1) is 5.56. The minimum atomic E-state index is -0.581. The summed E-state index contributed by atoms with van der Waals surface area (Å²) in [5, 5.41) is 11.3. The molecule has 0 saturated heterocycles. The summed E-state index contributed by atoms with van der Waals surface area (Å²) in [6, 6.07) is 0. The third-order valence-electron chi connectivity index (χ3n) is 2.57. The molecule has 0 N–H and O–H groups in total. The molecule has 1 nitrogen and oxygen atoms in total. The predicted molar refractivity (Wildman–Crippen MR) is 41.4 cm³/mol. The van der Waals surface area contributed by atoms with E-state index in [1.165, 1.54) is 16.7 Å². The number of rotatable bonds is 0. The van der Waals surface area contributed by atoms with E-state index >= 15 is 0 Å². The Labute approximate surface area is 65.0 Å². The molecule has 3 rings (SSSR count). The molecule has 1 unspecified atom stereocenters. The fraction of sp³-hybridized carbons (Fsp3) is 0.200. The molecule has 0 heterocycles. The smallest absolute Gasteiger partial charge is 0.137 e. The van der Waals surface area contributed by atoms with E-state index in [0.717, 1.165) is 12.0 Å². The molecule has 1 radical (unpaired) electrons. The summed E-state index contributed by atoms with van der Waals surface area (Å²) in [7, 11) is 0. The normalized spacial score (nSPS) is 31.2. The van der Waals surface area contributed by atoms with Gasteiger partial charge in [0, 0.05) is 0 Å². The van der Waals surface area contributed by atoms with Gasteiger partial charge in [0.05, 0.1) is 0 Å². The quantitative estimate of drug-likeness (QED) is 0.493. The van der Waals surface area contributed by atoms with Gasteiger partial charge in [-0.3, -0.25) is 0 Å². The van der Waals surface area contributed by atoms with Gasteiger partial charge in [-0.15, -0.1) is 0 Å². The highest BCUT2D eigenvalue weighted by atomic mass is 16.3. The van der Waals surface area contributed by atoms with Gasteiger partial charge in [0.25, 0.3) is 0 Å². The van der Waals surface area contributed by atoms with Crippen LogP contribution < -0.4 is 0 Å². The molecule has 0 aromatic rings. The first-order valence-electron chi connectivity index (χ1n) is 3.85. The maximum Gasteiger partial charge on any atom is 0.137 e. The summed E-state index contributed by atoms with van der Waals surface area (Å²) in [5.41, 5.74) is 4.84. The van der Waals surface area contributed by atoms with Crippen molar-refractivity contribution in [2.45, 2.75) is 12.5 Å². The highest BCUT2D eigenvalue weighted by Crippen LogP contribution is 2.45. The minimum Gasteiger partial charge on any atom is -0.223 e. The van der Waals surface area contributed by atoms with E-state index in [2.05, 4.69) is 12.2 Å². The second-order valence-electron chi connectivity index (χ2n) is 3.17. The average Bonchev–Trinajstić information content (AvgIpc) is 2.60. The highest BCUT2D eigenvalue weighted by molar-refractivity contribution is 5.69. The van der Waals surface area contributed by atoms with Gasteiger partial charge in [0.15, 0.2) is 0 Å². The molecule has 0 fully saturated rings. The lowest BCUT2D eigenvalue weighted by atomic mass is 10.0. The predicted octanol–water partition coefficient (Wildman–Crippen LogP) is 1.92. The number of allylic oxidation sites excluding steroid dienone is 5. The van der Waals surface area contributed by atoms with Gasteiger partial charge in [-0.2, -0.15) is 0 Å². The summed E-state index contributed by atoms with van der Waals surface area (Å²) in [5.74, 6) is 0. The number of hydrogen-bond acceptors (Lipinski definition) is 0. The Morgan fingerprint density at radius 2 is 2.09 bits per heavy atom. The first-order valence-corrected chi connectivity index (χ1v) is 3.85. The van der Waals surface area contributed by atoms with Crippen molar-refractivity contribution < 1.29 is 5.11 Å². The van der Waals surface area contributed by atoms with Gasteiger partial charge in [0.2, 0.25) is 0 Å². The van der Waals surface area contributed by atoms with Gasteiger partial charge in [0.1, 0.15) is 6.10 Å². The molecular formula is C10H7O. The van der Waals surface area contributed by atoms with Crippen molar-refractivity contribution in [3.63, 3.8) is 0 Å². The van der Waals surface area contributed by atoms with Crippen LogP contribution >= 0.6 is 0 Å². The van der Waals surface area contributed by atoms with E-state index in [9.17, 15) is 5.11 Å². The van der Waals surface area contributed by atoms with Crippen LogP contribution in [0, 0.1) is 0 Å². The largest absolute Gasteiger partial charge is 0.223 e. The zero-order valence-corrected chi connectivity index (χ0v) is 6.00. The third kappa shape index (κ3) is 0.511. The molecule has 53 valence electrons. The lowest BCUT2D eigenvalue weighted by Crippen LogP contribution is -2.01. The molecule has 0 aliphatic heterocycles. The first-order chi connectivity index (χ1) is 5.36. The highest BCUT2D eigenvalue weighted by Gasteiger charge is 2.32. The molecule has 0 amide bonds. The molecular weight excluding hydrogens is 136 g/mol. The van der Waals surface area contributed by atoms with E-state index in [4.69, 9.17) is 0 Å². The van der Waals surface area contributed by atoms with E-state index in [1.54, 1.807) is 6.08 Å². The Kier molecular flexibility index (Phi) is 0.789. The topological polar surface area (TPSA) is 19.9 Å². The SMILES string of the molecule is [O]C1C=CC2=C1C1=CC=C2C1. The van der Waals surface area contributed by atoms with Crippen molar-refractivity contribution in [3.8, 4) is 0 Å². The second-order valence-corrected chi connectivity index (χ2v) is 3.17.